The Hall–Kier alpha value is -0.420. The van der Waals surface area contributed by atoms with Crippen LogP contribution in [0.5, 0.6) is 0 Å². The third kappa shape index (κ3) is 2.59. The molecule has 0 aromatic rings. The average molecular weight is 215 g/mol. The maximum absolute atomic E-state index is 9.35. The Balaban J connectivity index is 2.65. The van der Waals surface area contributed by atoms with Crippen LogP contribution in [0.4, 0.5) is 0 Å². The molecule has 0 atom stereocenters. The van der Waals surface area contributed by atoms with E-state index in [0.29, 0.717) is 0 Å². The summed E-state index contributed by atoms with van der Waals surface area (Å²) in [6.07, 6.45) is 5.73. The molecule has 2 heteroatoms. The van der Waals surface area contributed by atoms with Gasteiger partial charge in [0.25, 0.3) is 0 Å². The van der Waals surface area contributed by atoms with Crippen LogP contribution >= 0.6 is 15.9 Å². The average Bonchev–Trinajstić information content (AvgIpc) is 2.07. The fourth-order valence-electron chi connectivity index (χ4n) is 1.35. The van der Waals surface area contributed by atoms with Gasteiger partial charge in [-0.05, 0) is 42.0 Å². The Morgan fingerprint density at radius 3 is 2.45 bits per heavy atom. The SMILES string of the molecule is OC(C#CBr)=C1CCCCC1. The number of halogens is 1. The second-order valence-corrected chi connectivity index (χ2v) is 3.13. The summed E-state index contributed by atoms with van der Waals surface area (Å²) in [6.45, 7) is 0. The highest BCUT2D eigenvalue weighted by atomic mass is 79.9. The molecule has 0 radical (unpaired) electrons. The fourth-order valence-corrected chi connectivity index (χ4v) is 1.54. The zero-order chi connectivity index (χ0) is 8.10. The molecule has 0 amide bonds. The van der Waals surface area contributed by atoms with E-state index in [1.165, 1.54) is 19.3 Å². The molecule has 0 bridgehead atoms. The summed E-state index contributed by atoms with van der Waals surface area (Å²) < 4.78 is 0. The number of hydrogen-bond acceptors (Lipinski definition) is 1. The monoisotopic (exact) mass is 214 g/mol. The quantitative estimate of drug-likeness (QED) is 0.486. The summed E-state index contributed by atoms with van der Waals surface area (Å²) in [5.74, 6) is 2.90. The first-order valence-corrected chi connectivity index (χ1v) is 4.66. The number of hydrogen-bond donors (Lipinski definition) is 1. The van der Waals surface area contributed by atoms with Gasteiger partial charge in [-0.3, -0.25) is 0 Å². The van der Waals surface area contributed by atoms with Crippen molar-refractivity contribution in [3.05, 3.63) is 11.3 Å². The van der Waals surface area contributed by atoms with Crippen molar-refractivity contribution in [1.29, 1.82) is 0 Å². The van der Waals surface area contributed by atoms with E-state index < -0.39 is 0 Å². The second kappa shape index (κ2) is 4.46. The van der Waals surface area contributed by atoms with Crippen LogP contribution in [0.1, 0.15) is 32.1 Å². The van der Waals surface area contributed by atoms with Crippen LogP contribution in [0.2, 0.25) is 0 Å². The number of allylic oxidation sites excluding steroid dienone is 2. The Kier molecular flexibility index (Phi) is 3.51. The van der Waals surface area contributed by atoms with E-state index in [4.69, 9.17) is 0 Å². The predicted octanol–water partition coefficient (Wildman–Crippen LogP) is 3.12. The summed E-state index contributed by atoms with van der Waals surface area (Å²) in [4.78, 5) is 2.52. The Labute approximate surface area is 75.6 Å². The van der Waals surface area contributed by atoms with E-state index >= 15 is 0 Å². The van der Waals surface area contributed by atoms with Crippen LogP contribution in [0, 0.1) is 10.8 Å². The lowest BCUT2D eigenvalue weighted by Crippen LogP contribution is -1.97. The molecule has 0 saturated heterocycles. The second-order valence-electron chi connectivity index (χ2n) is 2.73. The third-order valence-electron chi connectivity index (χ3n) is 1.96. The maximum Gasteiger partial charge on any atom is 0.167 e. The minimum atomic E-state index is 0.279. The van der Waals surface area contributed by atoms with Crippen LogP contribution < -0.4 is 0 Å². The van der Waals surface area contributed by atoms with Gasteiger partial charge in [-0.25, -0.2) is 0 Å². The van der Waals surface area contributed by atoms with Gasteiger partial charge in [0.05, 0.1) is 0 Å². The predicted molar refractivity (Wildman–Crippen MR) is 49.4 cm³/mol. The molecule has 0 aromatic carbocycles. The Morgan fingerprint density at radius 1 is 1.27 bits per heavy atom. The smallest absolute Gasteiger partial charge is 0.167 e. The highest BCUT2D eigenvalue weighted by Gasteiger charge is 2.08. The van der Waals surface area contributed by atoms with Gasteiger partial charge in [0, 0.05) is 15.9 Å². The van der Waals surface area contributed by atoms with Crippen molar-refractivity contribution < 1.29 is 5.11 Å². The molecule has 0 heterocycles. The van der Waals surface area contributed by atoms with Gasteiger partial charge in [-0.15, -0.1) is 0 Å². The summed E-state index contributed by atoms with van der Waals surface area (Å²) in [7, 11) is 0. The van der Waals surface area contributed by atoms with E-state index in [-0.39, 0.29) is 5.76 Å². The lowest BCUT2D eigenvalue weighted by molar-refractivity contribution is 0.416. The topological polar surface area (TPSA) is 20.2 Å². The lowest BCUT2D eigenvalue weighted by atomic mass is 9.94. The number of aliphatic hydroxyl groups is 1. The molecule has 0 unspecified atom stereocenters. The summed E-state index contributed by atoms with van der Waals surface area (Å²) in [5.41, 5.74) is 1.13. The van der Waals surface area contributed by atoms with Gasteiger partial charge in [-0.1, -0.05) is 6.42 Å². The molecular formula is C9H11BrO. The van der Waals surface area contributed by atoms with Crippen molar-refractivity contribution in [2.75, 3.05) is 0 Å². The van der Waals surface area contributed by atoms with Crippen LogP contribution in [0.25, 0.3) is 0 Å². The summed E-state index contributed by atoms with van der Waals surface area (Å²) >= 11 is 2.96. The van der Waals surface area contributed by atoms with Gasteiger partial charge in [0.1, 0.15) is 0 Å². The Morgan fingerprint density at radius 2 is 1.91 bits per heavy atom. The minimum absolute atomic E-state index is 0.279. The minimum Gasteiger partial charge on any atom is -0.501 e. The molecule has 60 valence electrons. The van der Waals surface area contributed by atoms with Crippen molar-refractivity contribution in [1.82, 2.24) is 0 Å². The number of aliphatic hydroxyl groups excluding tert-OH is 1. The normalized spacial score (nSPS) is 17.0. The largest absolute Gasteiger partial charge is 0.501 e. The van der Waals surface area contributed by atoms with E-state index in [2.05, 4.69) is 26.7 Å². The van der Waals surface area contributed by atoms with Gasteiger partial charge in [0.2, 0.25) is 0 Å². The molecule has 0 aromatic heterocycles. The molecule has 11 heavy (non-hydrogen) atoms. The molecule has 1 nitrogen and oxygen atoms in total. The molecule has 1 N–H and O–H groups in total. The van der Waals surface area contributed by atoms with Crippen LogP contribution in [0.15, 0.2) is 11.3 Å². The van der Waals surface area contributed by atoms with E-state index in [9.17, 15) is 5.11 Å². The van der Waals surface area contributed by atoms with Crippen molar-refractivity contribution >= 4 is 15.9 Å². The van der Waals surface area contributed by atoms with Crippen LogP contribution in [-0.2, 0) is 0 Å². The third-order valence-corrected chi connectivity index (χ3v) is 2.16. The van der Waals surface area contributed by atoms with Gasteiger partial charge < -0.3 is 5.11 Å². The maximum atomic E-state index is 9.35. The van der Waals surface area contributed by atoms with Crippen molar-refractivity contribution in [2.24, 2.45) is 0 Å². The van der Waals surface area contributed by atoms with E-state index in [0.717, 1.165) is 18.4 Å². The molecule has 0 aliphatic heterocycles. The zero-order valence-corrected chi connectivity index (χ0v) is 7.95. The first-order valence-electron chi connectivity index (χ1n) is 3.87. The summed E-state index contributed by atoms with van der Waals surface area (Å²) in [6, 6.07) is 0. The van der Waals surface area contributed by atoms with Crippen LogP contribution in [0.3, 0.4) is 0 Å². The molecule has 1 saturated carbocycles. The van der Waals surface area contributed by atoms with Crippen molar-refractivity contribution in [3.63, 3.8) is 0 Å². The zero-order valence-electron chi connectivity index (χ0n) is 6.36. The fraction of sp³-hybridized carbons (Fsp3) is 0.556. The first-order chi connectivity index (χ1) is 5.34. The summed E-state index contributed by atoms with van der Waals surface area (Å²) in [5, 5.41) is 9.35. The van der Waals surface area contributed by atoms with Gasteiger partial charge in [-0.2, -0.15) is 0 Å². The van der Waals surface area contributed by atoms with Crippen molar-refractivity contribution in [3.8, 4) is 10.8 Å². The van der Waals surface area contributed by atoms with Crippen molar-refractivity contribution in [2.45, 2.75) is 32.1 Å². The molecule has 1 aliphatic carbocycles. The Bertz CT molecular complexity index is 211. The standard InChI is InChI=1S/C9H11BrO/c10-7-6-9(11)8-4-2-1-3-5-8/h11H,1-5H2. The highest BCUT2D eigenvalue weighted by molar-refractivity contribution is 9.12. The van der Waals surface area contributed by atoms with E-state index in [1.807, 2.05) is 0 Å². The van der Waals surface area contributed by atoms with Crippen LogP contribution in [-0.4, -0.2) is 5.11 Å². The van der Waals surface area contributed by atoms with Gasteiger partial charge in [0.15, 0.2) is 5.76 Å². The molecule has 1 rings (SSSR count). The molecule has 1 fully saturated rings. The first kappa shape index (κ1) is 8.67. The number of rotatable bonds is 0. The molecule has 1 aliphatic rings. The molecule has 0 spiro atoms. The highest BCUT2D eigenvalue weighted by Crippen LogP contribution is 2.24. The lowest BCUT2D eigenvalue weighted by Gasteiger charge is -2.12. The molecular weight excluding hydrogens is 204 g/mol. The van der Waals surface area contributed by atoms with E-state index in [1.54, 1.807) is 0 Å². The van der Waals surface area contributed by atoms with Gasteiger partial charge >= 0.3 is 0 Å².